The third kappa shape index (κ3) is 4.23. The van der Waals surface area contributed by atoms with Crippen LogP contribution in [-0.4, -0.2) is 31.1 Å². The number of carbonyl (C=O) groups excluding carboxylic acids is 1. The van der Waals surface area contributed by atoms with Gasteiger partial charge in [-0.15, -0.1) is 0 Å². The molecule has 1 amide bonds. The van der Waals surface area contributed by atoms with Crippen LogP contribution in [0.3, 0.4) is 0 Å². The lowest BCUT2D eigenvalue weighted by Gasteiger charge is -2.23. The number of hydrogen-bond donors (Lipinski definition) is 1. The fraction of sp³-hybridized carbons (Fsp3) is 0.368. The number of aromatic nitrogens is 1. The van der Waals surface area contributed by atoms with Gasteiger partial charge in [0.1, 0.15) is 11.6 Å². The highest BCUT2D eigenvalue weighted by atomic mass is 35.5. The molecule has 1 saturated heterocycles. The second-order valence-electron chi connectivity index (χ2n) is 6.07. The van der Waals surface area contributed by atoms with Gasteiger partial charge >= 0.3 is 0 Å². The molecular formula is C19H22ClN3O2. The maximum atomic E-state index is 12.9. The summed E-state index contributed by atoms with van der Waals surface area (Å²) in [5, 5.41) is 3.44. The summed E-state index contributed by atoms with van der Waals surface area (Å²) in [6.45, 7) is 1.86. The van der Waals surface area contributed by atoms with Crippen LogP contribution in [0.4, 0.5) is 11.5 Å². The van der Waals surface area contributed by atoms with Gasteiger partial charge in [0.15, 0.2) is 0 Å². The molecule has 1 aliphatic rings. The molecule has 132 valence electrons. The molecule has 3 rings (SSSR count). The third-order valence-corrected chi connectivity index (χ3v) is 4.58. The highest BCUT2D eigenvalue weighted by Gasteiger charge is 2.20. The van der Waals surface area contributed by atoms with Crippen LogP contribution in [0, 0.1) is 0 Å². The molecule has 0 bridgehead atoms. The van der Waals surface area contributed by atoms with Crippen LogP contribution in [0.2, 0.25) is 5.02 Å². The SMILES string of the molecule is COc1ccc(Cl)cc1NC(=O)c1cccnc1N1CCCCCC1. The highest BCUT2D eigenvalue weighted by molar-refractivity contribution is 6.31. The standard InChI is InChI=1S/C19H22ClN3O2/c1-25-17-9-8-14(20)13-16(17)22-19(24)15-7-6-10-21-18(15)23-11-4-2-3-5-12-23/h6-10,13H,2-5,11-12H2,1H3,(H,22,24). The van der Waals surface area contributed by atoms with Gasteiger partial charge in [-0.1, -0.05) is 24.4 Å². The molecule has 2 aromatic rings. The summed E-state index contributed by atoms with van der Waals surface area (Å²) in [7, 11) is 1.56. The number of carbonyl (C=O) groups is 1. The number of ether oxygens (including phenoxy) is 1. The Labute approximate surface area is 153 Å². The molecule has 1 aromatic heterocycles. The minimum absolute atomic E-state index is 0.215. The van der Waals surface area contributed by atoms with Crippen LogP contribution >= 0.6 is 11.6 Å². The number of nitrogens with zero attached hydrogens (tertiary/aromatic N) is 2. The molecule has 1 N–H and O–H groups in total. The quantitative estimate of drug-likeness (QED) is 0.880. The molecule has 1 aliphatic heterocycles. The van der Waals surface area contributed by atoms with Crippen LogP contribution in [0.5, 0.6) is 5.75 Å². The maximum Gasteiger partial charge on any atom is 0.259 e. The van der Waals surface area contributed by atoms with Gasteiger partial charge in [-0.2, -0.15) is 0 Å². The normalized spacial score (nSPS) is 14.7. The van der Waals surface area contributed by atoms with E-state index >= 15 is 0 Å². The Balaban J connectivity index is 1.86. The van der Waals surface area contributed by atoms with Gasteiger partial charge in [-0.05, 0) is 43.2 Å². The minimum atomic E-state index is -0.215. The Morgan fingerprint density at radius 3 is 2.68 bits per heavy atom. The number of anilines is 2. The molecule has 1 aromatic carbocycles. The first kappa shape index (κ1) is 17.5. The molecule has 0 aliphatic carbocycles. The first-order chi connectivity index (χ1) is 12.2. The maximum absolute atomic E-state index is 12.9. The van der Waals surface area contributed by atoms with Crippen molar-refractivity contribution in [2.75, 3.05) is 30.4 Å². The van der Waals surface area contributed by atoms with E-state index in [-0.39, 0.29) is 5.91 Å². The summed E-state index contributed by atoms with van der Waals surface area (Å²) in [5.41, 5.74) is 1.11. The van der Waals surface area contributed by atoms with Crippen molar-refractivity contribution in [2.24, 2.45) is 0 Å². The summed E-state index contributed by atoms with van der Waals surface area (Å²) in [6, 6.07) is 8.73. The van der Waals surface area contributed by atoms with Crippen molar-refractivity contribution in [1.29, 1.82) is 0 Å². The topological polar surface area (TPSA) is 54.5 Å². The zero-order valence-corrected chi connectivity index (χ0v) is 15.1. The van der Waals surface area contributed by atoms with Crippen molar-refractivity contribution in [3.63, 3.8) is 0 Å². The molecule has 0 unspecified atom stereocenters. The second-order valence-corrected chi connectivity index (χ2v) is 6.51. The van der Waals surface area contributed by atoms with E-state index in [1.54, 1.807) is 43.6 Å². The molecule has 6 heteroatoms. The molecule has 0 spiro atoms. The summed E-state index contributed by atoms with van der Waals surface area (Å²) in [5.74, 6) is 1.09. The molecule has 1 fully saturated rings. The van der Waals surface area contributed by atoms with E-state index in [1.165, 1.54) is 12.8 Å². The Bertz CT molecular complexity index is 743. The van der Waals surface area contributed by atoms with Crippen molar-refractivity contribution in [3.05, 3.63) is 47.1 Å². The van der Waals surface area contributed by atoms with Crippen LogP contribution in [-0.2, 0) is 0 Å². The Hall–Kier alpha value is -2.27. The highest BCUT2D eigenvalue weighted by Crippen LogP contribution is 2.29. The fourth-order valence-corrected chi connectivity index (χ4v) is 3.25. The number of amides is 1. The number of halogens is 1. The van der Waals surface area contributed by atoms with E-state index in [2.05, 4.69) is 15.2 Å². The Morgan fingerprint density at radius 2 is 1.96 bits per heavy atom. The monoisotopic (exact) mass is 359 g/mol. The van der Waals surface area contributed by atoms with Crippen molar-refractivity contribution >= 4 is 29.0 Å². The fourth-order valence-electron chi connectivity index (χ4n) is 3.08. The molecule has 2 heterocycles. The smallest absolute Gasteiger partial charge is 0.259 e. The molecule has 0 radical (unpaired) electrons. The Kier molecular flexibility index (Phi) is 5.76. The first-order valence-electron chi connectivity index (χ1n) is 8.54. The second kappa shape index (κ2) is 8.21. The lowest BCUT2D eigenvalue weighted by Crippen LogP contribution is -2.28. The van der Waals surface area contributed by atoms with Crippen LogP contribution in [0.15, 0.2) is 36.5 Å². The van der Waals surface area contributed by atoms with Crippen molar-refractivity contribution < 1.29 is 9.53 Å². The van der Waals surface area contributed by atoms with Gasteiger partial charge in [-0.25, -0.2) is 4.98 Å². The summed E-state index contributed by atoms with van der Waals surface area (Å²) in [4.78, 5) is 19.5. The van der Waals surface area contributed by atoms with E-state index in [9.17, 15) is 4.79 Å². The lowest BCUT2D eigenvalue weighted by molar-refractivity contribution is 0.102. The van der Waals surface area contributed by atoms with E-state index in [0.29, 0.717) is 22.0 Å². The minimum Gasteiger partial charge on any atom is -0.495 e. The van der Waals surface area contributed by atoms with Crippen LogP contribution in [0.25, 0.3) is 0 Å². The number of benzene rings is 1. The molecule has 25 heavy (non-hydrogen) atoms. The number of methoxy groups -OCH3 is 1. The third-order valence-electron chi connectivity index (χ3n) is 4.35. The van der Waals surface area contributed by atoms with E-state index in [0.717, 1.165) is 31.7 Å². The molecular weight excluding hydrogens is 338 g/mol. The van der Waals surface area contributed by atoms with Crippen LogP contribution in [0.1, 0.15) is 36.0 Å². The van der Waals surface area contributed by atoms with Crippen molar-refractivity contribution in [1.82, 2.24) is 4.98 Å². The average Bonchev–Trinajstić information content (AvgIpc) is 2.91. The largest absolute Gasteiger partial charge is 0.495 e. The number of rotatable bonds is 4. The molecule has 0 saturated carbocycles. The zero-order chi connectivity index (χ0) is 17.6. The zero-order valence-electron chi connectivity index (χ0n) is 14.3. The van der Waals surface area contributed by atoms with E-state index < -0.39 is 0 Å². The molecule has 5 nitrogen and oxygen atoms in total. The lowest BCUT2D eigenvalue weighted by atomic mass is 10.2. The number of pyridine rings is 1. The van der Waals surface area contributed by atoms with E-state index in [1.807, 2.05) is 0 Å². The predicted molar refractivity (Wildman–Crippen MR) is 101 cm³/mol. The van der Waals surface area contributed by atoms with Gasteiger partial charge < -0.3 is 15.0 Å². The van der Waals surface area contributed by atoms with Crippen LogP contribution < -0.4 is 15.0 Å². The van der Waals surface area contributed by atoms with Gasteiger partial charge in [0.25, 0.3) is 5.91 Å². The van der Waals surface area contributed by atoms with Gasteiger partial charge in [0.2, 0.25) is 0 Å². The van der Waals surface area contributed by atoms with Crippen molar-refractivity contribution in [2.45, 2.75) is 25.7 Å². The van der Waals surface area contributed by atoms with Gasteiger partial charge in [-0.3, -0.25) is 4.79 Å². The Morgan fingerprint density at radius 1 is 1.20 bits per heavy atom. The van der Waals surface area contributed by atoms with Gasteiger partial charge in [0.05, 0.1) is 18.4 Å². The average molecular weight is 360 g/mol. The number of nitrogens with one attached hydrogen (secondary N) is 1. The predicted octanol–water partition coefficient (Wildman–Crippen LogP) is 4.38. The summed E-state index contributed by atoms with van der Waals surface area (Å²) >= 11 is 6.05. The summed E-state index contributed by atoms with van der Waals surface area (Å²) < 4.78 is 5.30. The molecule has 0 atom stereocenters. The van der Waals surface area contributed by atoms with Crippen molar-refractivity contribution in [3.8, 4) is 5.75 Å². The van der Waals surface area contributed by atoms with E-state index in [4.69, 9.17) is 16.3 Å². The van der Waals surface area contributed by atoms with Gasteiger partial charge in [0, 0.05) is 24.3 Å². The first-order valence-corrected chi connectivity index (χ1v) is 8.91. The summed E-state index contributed by atoms with van der Waals surface area (Å²) in [6.07, 6.45) is 6.44. The number of hydrogen-bond acceptors (Lipinski definition) is 4.